The number of fused-ring (bicyclic) bond motifs is 2. The fourth-order valence-corrected chi connectivity index (χ4v) is 10.6. The molecule has 0 unspecified atom stereocenters. The van der Waals surface area contributed by atoms with E-state index in [9.17, 15) is 19.2 Å². The van der Waals surface area contributed by atoms with Crippen LogP contribution in [0.3, 0.4) is 0 Å². The van der Waals surface area contributed by atoms with Crippen LogP contribution in [0, 0.1) is 11.8 Å². The molecule has 0 radical (unpaired) electrons. The molecule has 2 aliphatic rings. The number of nitrogens with zero attached hydrogens (tertiary/aromatic N) is 4. The minimum Gasteiger partial charge on any atom is -0.453 e. The first-order chi connectivity index (χ1) is 29.0. The van der Waals surface area contributed by atoms with E-state index >= 15 is 0 Å². The molecule has 8 rings (SSSR count). The average molecular weight is 851 g/mol. The quantitative estimate of drug-likeness (QED) is 0.100. The summed E-state index contributed by atoms with van der Waals surface area (Å²) in [5.74, 6) is 0.942. The van der Waals surface area contributed by atoms with Crippen LogP contribution < -0.4 is 10.6 Å². The molecule has 4 atom stereocenters. The van der Waals surface area contributed by atoms with Gasteiger partial charge < -0.3 is 39.9 Å². The first kappa shape index (κ1) is 41.0. The van der Waals surface area contributed by atoms with E-state index in [1.54, 1.807) is 22.7 Å². The first-order valence-electron chi connectivity index (χ1n) is 20.4. The van der Waals surface area contributed by atoms with Crippen molar-refractivity contribution in [2.75, 3.05) is 27.3 Å². The van der Waals surface area contributed by atoms with Gasteiger partial charge in [-0.3, -0.25) is 9.59 Å². The Morgan fingerprint density at radius 2 is 1.05 bits per heavy atom. The van der Waals surface area contributed by atoms with Crippen LogP contribution in [0.25, 0.3) is 53.8 Å². The summed E-state index contributed by atoms with van der Waals surface area (Å²) < 4.78 is 11.9. The Morgan fingerprint density at radius 3 is 1.43 bits per heavy atom. The van der Waals surface area contributed by atoms with Crippen LogP contribution in [0.5, 0.6) is 0 Å². The number of amides is 4. The molecule has 2 fully saturated rings. The second-order valence-electron chi connectivity index (χ2n) is 16.1. The predicted molar refractivity (Wildman–Crippen MR) is 234 cm³/mol. The van der Waals surface area contributed by atoms with Crippen LogP contribution in [0.1, 0.15) is 77.1 Å². The van der Waals surface area contributed by atoms with Crippen LogP contribution in [0.4, 0.5) is 9.59 Å². The maximum atomic E-state index is 13.7. The van der Waals surface area contributed by atoms with Gasteiger partial charge in [0.15, 0.2) is 0 Å². The van der Waals surface area contributed by atoms with Crippen molar-refractivity contribution >= 4 is 66.8 Å². The van der Waals surface area contributed by atoms with Gasteiger partial charge in [0.2, 0.25) is 11.8 Å². The van der Waals surface area contributed by atoms with E-state index in [2.05, 4.69) is 67.8 Å². The standard InChI is InChI=1S/C44H50N8O6S2/c1-23(2)35(49-43(55)57-5)41(53)51-17-7-9-33(51)39-45-21-31(47-39)29-13-11-25(27-15-19-59-37(27)29)26-12-14-30(38-28(26)16-20-60-38)32-22-46-40(48-32)34-10-8-18-52(34)42(54)36(24(3)4)50-44(56)58-6/h11-16,19-24,33-36H,7-10,17-18H2,1-6H3,(H,45,47)(H,46,48)(H,49,55)(H,50,56)/t33-,34-,35-,36-/m0/s1. The lowest BCUT2D eigenvalue weighted by atomic mass is 9.95. The Bertz CT molecular complexity index is 2380. The van der Waals surface area contributed by atoms with Gasteiger partial charge in [-0.25, -0.2) is 19.6 Å². The van der Waals surface area contributed by atoms with Crippen LogP contribution >= 0.6 is 22.7 Å². The fraction of sp³-hybridized carbons (Fsp3) is 0.409. The maximum absolute atomic E-state index is 13.7. The minimum atomic E-state index is -0.700. The highest BCUT2D eigenvalue weighted by Gasteiger charge is 2.39. The molecule has 4 amide bonds. The lowest BCUT2D eigenvalue weighted by molar-refractivity contribution is -0.136. The van der Waals surface area contributed by atoms with Gasteiger partial charge in [0.1, 0.15) is 23.7 Å². The van der Waals surface area contributed by atoms with Gasteiger partial charge in [-0.05, 0) is 71.5 Å². The smallest absolute Gasteiger partial charge is 0.407 e. The number of carbonyl (C=O) groups excluding carboxylic acids is 4. The third-order valence-electron chi connectivity index (χ3n) is 11.8. The SMILES string of the molecule is COC(=O)N[C@H](C(=O)N1CCC[C@H]1c1ncc(-c2ccc(-c3ccc(-c4cnc([C@@H]5CCCN5C(=O)[C@@H](NC(=O)OC)C(C)C)[nH]4)c4sccc34)c3ccsc23)[nH]1)C(C)C. The molecule has 0 saturated carbocycles. The van der Waals surface area contributed by atoms with Gasteiger partial charge in [0.25, 0.3) is 0 Å². The highest BCUT2D eigenvalue weighted by molar-refractivity contribution is 7.18. The van der Waals surface area contributed by atoms with E-state index in [-0.39, 0.29) is 35.7 Å². The van der Waals surface area contributed by atoms with E-state index in [4.69, 9.17) is 19.4 Å². The Hall–Kier alpha value is -5.74. The van der Waals surface area contributed by atoms with Crippen molar-refractivity contribution in [2.24, 2.45) is 11.8 Å². The maximum Gasteiger partial charge on any atom is 0.407 e. The minimum absolute atomic E-state index is 0.116. The van der Waals surface area contributed by atoms with Gasteiger partial charge in [0.05, 0.1) is 50.1 Å². The number of H-pyrrole nitrogens is 2. The number of carbonyl (C=O) groups is 4. The van der Waals surface area contributed by atoms with E-state index < -0.39 is 24.3 Å². The van der Waals surface area contributed by atoms with Crippen molar-refractivity contribution < 1.29 is 28.7 Å². The summed E-state index contributed by atoms with van der Waals surface area (Å²) in [6.45, 7) is 8.81. The third-order valence-corrected chi connectivity index (χ3v) is 13.7. The first-order valence-corrected chi connectivity index (χ1v) is 22.2. The Labute approximate surface area is 356 Å². The molecule has 0 bridgehead atoms. The number of ether oxygens (including phenoxy) is 2. The summed E-state index contributed by atoms with van der Waals surface area (Å²) in [6.07, 6.45) is 5.68. The summed E-state index contributed by atoms with van der Waals surface area (Å²) in [7, 11) is 2.59. The highest BCUT2D eigenvalue weighted by atomic mass is 32.1. The molecule has 4 aromatic heterocycles. The number of alkyl carbamates (subject to hydrolysis) is 2. The summed E-state index contributed by atoms with van der Waals surface area (Å²) in [6, 6.07) is 11.1. The number of rotatable bonds is 11. The molecule has 314 valence electrons. The van der Waals surface area contributed by atoms with Gasteiger partial charge >= 0.3 is 12.2 Å². The number of likely N-dealkylation sites (tertiary alicyclic amines) is 2. The number of benzene rings is 2. The summed E-state index contributed by atoms with van der Waals surface area (Å²) in [5.41, 5.74) is 6.08. The van der Waals surface area contributed by atoms with Crippen molar-refractivity contribution in [1.82, 2.24) is 40.4 Å². The molecule has 2 aliphatic heterocycles. The van der Waals surface area contributed by atoms with E-state index in [0.29, 0.717) is 13.1 Å². The van der Waals surface area contributed by atoms with Crippen molar-refractivity contribution in [3.8, 4) is 33.6 Å². The highest BCUT2D eigenvalue weighted by Crippen LogP contribution is 2.44. The molecule has 6 heterocycles. The van der Waals surface area contributed by atoms with Crippen LogP contribution in [-0.2, 0) is 19.1 Å². The normalized spacial score (nSPS) is 17.8. The number of nitrogens with one attached hydrogen (secondary N) is 4. The molecular weight excluding hydrogens is 801 g/mol. The lowest BCUT2D eigenvalue weighted by Gasteiger charge is -2.30. The number of aromatic nitrogens is 4. The molecule has 14 nitrogen and oxygen atoms in total. The number of aromatic amines is 2. The van der Waals surface area contributed by atoms with E-state index in [1.165, 1.54) is 14.2 Å². The summed E-state index contributed by atoms with van der Waals surface area (Å²) in [5, 5.41) is 11.9. The molecule has 60 heavy (non-hydrogen) atoms. The van der Waals surface area contributed by atoms with Crippen molar-refractivity contribution in [2.45, 2.75) is 77.5 Å². The van der Waals surface area contributed by atoms with Gasteiger partial charge in [-0.1, -0.05) is 52.0 Å². The molecule has 2 aromatic carbocycles. The zero-order valence-corrected chi connectivity index (χ0v) is 36.2. The number of thiophene rings is 2. The Kier molecular flexibility index (Phi) is 11.7. The monoisotopic (exact) mass is 850 g/mol. The van der Waals surface area contributed by atoms with Crippen molar-refractivity contribution in [3.63, 3.8) is 0 Å². The Morgan fingerprint density at radius 1 is 0.650 bits per heavy atom. The zero-order valence-electron chi connectivity index (χ0n) is 34.5. The number of hydrogen-bond acceptors (Lipinski definition) is 10. The molecule has 16 heteroatoms. The van der Waals surface area contributed by atoms with E-state index in [0.717, 1.165) is 91.1 Å². The van der Waals surface area contributed by atoms with Crippen LogP contribution in [-0.4, -0.2) is 93.1 Å². The summed E-state index contributed by atoms with van der Waals surface area (Å²) >= 11 is 3.36. The molecule has 6 aromatic rings. The van der Waals surface area contributed by atoms with Gasteiger partial charge in [0, 0.05) is 44.4 Å². The van der Waals surface area contributed by atoms with Crippen molar-refractivity contribution in [3.05, 3.63) is 71.2 Å². The van der Waals surface area contributed by atoms with Crippen molar-refractivity contribution in [1.29, 1.82) is 0 Å². The second-order valence-corrected chi connectivity index (χ2v) is 17.9. The largest absolute Gasteiger partial charge is 0.453 e. The average Bonchev–Trinajstić information content (AvgIpc) is 4.10. The molecule has 2 saturated heterocycles. The lowest BCUT2D eigenvalue weighted by Crippen LogP contribution is -2.51. The number of hydrogen-bond donors (Lipinski definition) is 4. The summed E-state index contributed by atoms with van der Waals surface area (Å²) in [4.78, 5) is 72.0. The van der Waals surface area contributed by atoms with Gasteiger partial charge in [-0.15, -0.1) is 22.7 Å². The third kappa shape index (κ3) is 7.62. The predicted octanol–water partition coefficient (Wildman–Crippen LogP) is 8.65. The molecule has 0 spiro atoms. The Balaban J connectivity index is 1.05. The fourth-order valence-electron chi connectivity index (χ4n) is 8.69. The topological polar surface area (TPSA) is 175 Å². The van der Waals surface area contributed by atoms with Gasteiger partial charge in [-0.2, -0.15) is 0 Å². The molecule has 0 aliphatic carbocycles. The zero-order chi connectivity index (χ0) is 42.2. The van der Waals surface area contributed by atoms with Crippen LogP contribution in [0.2, 0.25) is 0 Å². The number of imidazole rings is 2. The van der Waals surface area contributed by atoms with E-state index in [1.807, 2.05) is 49.9 Å². The molecule has 4 N–H and O–H groups in total. The molecular formula is C44H50N8O6S2. The van der Waals surface area contributed by atoms with Crippen LogP contribution in [0.15, 0.2) is 59.6 Å². The second kappa shape index (κ2) is 17.1. The number of methoxy groups -OCH3 is 2.